The van der Waals surface area contributed by atoms with Crippen LogP contribution in [0.5, 0.6) is 5.75 Å². The van der Waals surface area contributed by atoms with Crippen LogP contribution in [0, 0.1) is 15.5 Å². The Kier molecular flexibility index (Phi) is 4.75. The third kappa shape index (κ3) is 3.56. The molecule has 0 spiro atoms. The van der Waals surface area contributed by atoms with Gasteiger partial charge in [-0.25, -0.2) is 0 Å². The summed E-state index contributed by atoms with van der Waals surface area (Å²) >= 11 is 0. The predicted octanol–water partition coefficient (Wildman–Crippen LogP) is 4.13. The van der Waals surface area contributed by atoms with Gasteiger partial charge in [-0.1, -0.05) is 32.0 Å². The van der Waals surface area contributed by atoms with Crippen molar-refractivity contribution in [3.63, 3.8) is 0 Å². The normalized spacial score (nSPS) is 21.9. The maximum absolute atomic E-state index is 12.9. The largest absolute Gasteiger partial charge is 0.435 e. The van der Waals surface area contributed by atoms with Crippen LogP contribution < -0.4 is 10.1 Å². The van der Waals surface area contributed by atoms with Crippen molar-refractivity contribution in [3.05, 3.63) is 62.6 Å². The van der Waals surface area contributed by atoms with Gasteiger partial charge in [-0.2, -0.15) is 8.78 Å². The summed E-state index contributed by atoms with van der Waals surface area (Å²) < 4.78 is 30.3. The molecule has 1 heterocycles. The number of hydrogen-bond donors (Lipinski definition) is 1. The third-order valence-corrected chi connectivity index (χ3v) is 4.85. The van der Waals surface area contributed by atoms with Gasteiger partial charge in [0.25, 0.3) is 5.70 Å². The summed E-state index contributed by atoms with van der Waals surface area (Å²) in [4.78, 5) is 24.1. The van der Waals surface area contributed by atoms with Crippen LogP contribution in [0.4, 0.5) is 8.78 Å². The molecular weight excluding hydrogens is 358 g/mol. The monoisotopic (exact) mass is 378 g/mol. The van der Waals surface area contributed by atoms with E-state index in [1.165, 1.54) is 18.2 Å². The summed E-state index contributed by atoms with van der Waals surface area (Å²) in [6.45, 7) is 2.37. The molecule has 1 aromatic rings. The van der Waals surface area contributed by atoms with Crippen molar-refractivity contribution in [2.45, 2.75) is 46.1 Å². The number of para-hydroxylation sites is 1. The molecular formula is C19H20F2N2O4. The van der Waals surface area contributed by atoms with Crippen molar-refractivity contribution in [2.75, 3.05) is 0 Å². The molecule has 0 amide bonds. The van der Waals surface area contributed by atoms with E-state index in [-0.39, 0.29) is 40.2 Å². The van der Waals surface area contributed by atoms with Crippen molar-refractivity contribution < 1.29 is 23.2 Å². The Bertz CT molecular complexity index is 874. The van der Waals surface area contributed by atoms with Crippen LogP contribution in [0.1, 0.15) is 45.1 Å². The number of ketones is 1. The Labute approximate surface area is 155 Å². The van der Waals surface area contributed by atoms with E-state index in [9.17, 15) is 23.7 Å². The molecule has 0 unspecified atom stereocenters. The Morgan fingerprint density at radius 2 is 1.96 bits per heavy atom. The van der Waals surface area contributed by atoms with Gasteiger partial charge in [0.2, 0.25) is 0 Å². The number of nitrogens with one attached hydrogen (secondary N) is 1. The van der Waals surface area contributed by atoms with Crippen molar-refractivity contribution in [1.29, 1.82) is 0 Å². The van der Waals surface area contributed by atoms with Gasteiger partial charge >= 0.3 is 6.61 Å². The molecule has 27 heavy (non-hydrogen) atoms. The molecule has 1 atom stereocenters. The fraction of sp³-hybridized carbons (Fsp3) is 0.421. The van der Waals surface area contributed by atoms with Crippen LogP contribution in [-0.4, -0.2) is 17.3 Å². The maximum Gasteiger partial charge on any atom is 0.387 e. The van der Waals surface area contributed by atoms with Gasteiger partial charge < -0.3 is 10.1 Å². The van der Waals surface area contributed by atoms with E-state index in [4.69, 9.17) is 0 Å². The molecule has 2 aliphatic rings. The first kappa shape index (κ1) is 19.0. The first-order chi connectivity index (χ1) is 12.6. The smallest absolute Gasteiger partial charge is 0.387 e. The van der Waals surface area contributed by atoms with Gasteiger partial charge in [0.05, 0.1) is 10.6 Å². The Morgan fingerprint density at radius 1 is 1.30 bits per heavy atom. The Balaban J connectivity index is 2.22. The van der Waals surface area contributed by atoms with Crippen molar-refractivity contribution >= 4 is 5.78 Å². The van der Waals surface area contributed by atoms with Crippen molar-refractivity contribution in [2.24, 2.45) is 5.41 Å². The number of carbonyl (C=O) groups excluding carboxylic acids is 1. The van der Waals surface area contributed by atoms with E-state index in [2.05, 4.69) is 10.1 Å². The Hall–Kier alpha value is -2.77. The lowest BCUT2D eigenvalue weighted by molar-refractivity contribution is -0.431. The summed E-state index contributed by atoms with van der Waals surface area (Å²) in [6.07, 6.45) is 0.761. The number of carbonyl (C=O) groups is 1. The van der Waals surface area contributed by atoms with Gasteiger partial charge in [-0.05, 0) is 24.8 Å². The van der Waals surface area contributed by atoms with Gasteiger partial charge in [0.15, 0.2) is 5.78 Å². The SMILES string of the molecule is CC1=C([N+](=O)[O-])[C@H](c2ccccc2OC(F)F)C2=C(CC(C)(C)CC2=O)N1. The fourth-order valence-electron chi connectivity index (χ4n) is 3.89. The lowest BCUT2D eigenvalue weighted by Gasteiger charge is -2.37. The number of alkyl halides is 2. The standard InChI is InChI=1S/C19H20F2N2O4/c1-10-17(23(25)26)15(11-6-4-5-7-14(11)27-18(20)21)16-12(22-10)8-19(2,3)9-13(16)24/h4-7,15,18,22H,8-9H2,1-3H3/t15-/m1/s1. The molecule has 1 aliphatic carbocycles. The molecule has 0 bridgehead atoms. The number of rotatable bonds is 4. The van der Waals surface area contributed by atoms with Crippen molar-refractivity contribution in [1.82, 2.24) is 5.32 Å². The Morgan fingerprint density at radius 3 is 2.59 bits per heavy atom. The second-order valence-electron chi connectivity index (χ2n) is 7.57. The molecule has 144 valence electrons. The summed E-state index contributed by atoms with van der Waals surface area (Å²) in [5, 5.41) is 14.8. The highest BCUT2D eigenvalue weighted by Gasteiger charge is 2.46. The average Bonchev–Trinajstić information content (AvgIpc) is 2.51. The molecule has 0 aromatic heterocycles. The molecule has 1 N–H and O–H groups in total. The first-order valence-corrected chi connectivity index (χ1v) is 8.53. The fourth-order valence-corrected chi connectivity index (χ4v) is 3.89. The van der Waals surface area contributed by atoms with Crippen LogP contribution in [0.2, 0.25) is 0 Å². The molecule has 0 fully saturated rings. The number of hydrogen-bond acceptors (Lipinski definition) is 5. The number of halogens is 2. The van der Waals surface area contributed by atoms with Gasteiger partial charge in [-0.15, -0.1) is 0 Å². The molecule has 0 saturated carbocycles. The van der Waals surface area contributed by atoms with Crippen LogP contribution in [0.15, 0.2) is 46.9 Å². The molecule has 8 heteroatoms. The van der Waals surface area contributed by atoms with Gasteiger partial charge in [0, 0.05) is 23.3 Å². The molecule has 1 aromatic carbocycles. The number of ether oxygens (including phenoxy) is 1. The van der Waals surface area contributed by atoms with Crippen LogP contribution in [0.25, 0.3) is 0 Å². The molecule has 0 saturated heterocycles. The average molecular weight is 378 g/mol. The topological polar surface area (TPSA) is 81.5 Å². The predicted molar refractivity (Wildman–Crippen MR) is 93.7 cm³/mol. The van der Waals surface area contributed by atoms with Crippen molar-refractivity contribution in [3.8, 4) is 5.75 Å². The molecule has 3 rings (SSSR count). The van der Waals surface area contributed by atoms with Crippen LogP contribution in [0.3, 0.4) is 0 Å². The second kappa shape index (κ2) is 6.75. The summed E-state index contributed by atoms with van der Waals surface area (Å²) in [5.74, 6) is -1.46. The van der Waals surface area contributed by atoms with E-state index in [0.29, 0.717) is 17.8 Å². The minimum atomic E-state index is -3.08. The number of dihydropyridines is 1. The summed E-state index contributed by atoms with van der Waals surface area (Å²) in [6, 6.07) is 5.90. The second-order valence-corrected chi connectivity index (χ2v) is 7.57. The number of benzene rings is 1. The highest BCUT2D eigenvalue weighted by molar-refractivity contribution is 6.00. The van der Waals surface area contributed by atoms with E-state index < -0.39 is 17.5 Å². The first-order valence-electron chi connectivity index (χ1n) is 8.53. The quantitative estimate of drug-likeness (QED) is 0.629. The van der Waals surface area contributed by atoms with E-state index >= 15 is 0 Å². The minimum Gasteiger partial charge on any atom is -0.435 e. The highest BCUT2D eigenvalue weighted by atomic mass is 19.3. The third-order valence-electron chi connectivity index (χ3n) is 4.85. The van der Waals surface area contributed by atoms with E-state index in [1.807, 2.05) is 13.8 Å². The number of allylic oxidation sites excluding steroid dienone is 3. The lowest BCUT2D eigenvalue weighted by Crippen LogP contribution is -2.38. The number of nitrogens with zero attached hydrogens (tertiary/aromatic N) is 1. The van der Waals surface area contributed by atoms with Crippen LogP contribution >= 0.6 is 0 Å². The zero-order valence-corrected chi connectivity index (χ0v) is 15.2. The highest BCUT2D eigenvalue weighted by Crippen LogP contribution is 2.48. The number of nitro groups is 1. The molecule has 0 radical (unpaired) electrons. The van der Waals surface area contributed by atoms with Gasteiger partial charge in [0.1, 0.15) is 11.7 Å². The van der Waals surface area contributed by atoms with E-state index in [1.54, 1.807) is 13.0 Å². The van der Waals surface area contributed by atoms with Crippen LogP contribution in [-0.2, 0) is 4.79 Å². The summed E-state index contributed by atoms with van der Waals surface area (Å²) in [5.41, 5.74) is 0.825. The zero-order chi connectivity index (χ0) is 19.9. The zero-order valence-electron chi connectivity index (χ0n) is 15.2. The summed E-state index contributed by atoms with van der Waals surface area (Å²) in [7, 11) is 0. The maximum atomic E-state index is 12.9. The molecule has 1 aliphatic heterocycles. The number of Topliss-reactive ketones (excluding diaryl/α,β-unsaturated/α-hetero) is 1. The lowest BCUT2D eigenvalue weighted by atomic mass is 9.69. The molecule has 6 nitrogen and oxygen atoms in total. The van der Waals surface area contributed by atoms with E-state index in [0.717, 1.165) is 0 Å². The van der Waals surface area contributed by atoms with Gasteiger partial charge in [-0.3, -0.25) is 14.9 Å². The minimum absolute atomic E-state index is 0.170.